The molecule has 1 aromatic heterocycles. The molecule has 0 aliphatic carbocycles. The number of nitrogens with zero attached hydrogens (tertiary/aromatic N) is 3. The number of Topliss-reactive ketones (excluding diaryl/α,β-unsaturated/α-hetero) is 1. The second-order valence-corrected chi connectivity index (χ2v) is 7.97. The first kappa shape index (κ1) is 20.3. The topological polar surface area (TPSA) is 52.8 Å². The molecular weight excluding hydrogens is 424 g/mol. The molecule has 1 saturated heterocycles. The largest absolute Gasteiger partial charge is 0.336 e. The zero-order chi connectivity index (χ0) is 17.9. The number of para-hydroxylation sites is 2. The van der Waals surface area contributed by atoms with Gasteiger partial charge in [-0.25, -0.2) is 0 Å². The van der Waals surface area contributed by atoms with Crippen molar-refractivity contribution < 1.29 is 4.79 Å². The summed E-state index contributed by atoms with van der Waals surface area (Å²) in [5.41, 5.74) is 8.77. The van der Waals surface area contributed by atoms with Gasteiger partial charge in [0.25, 0.3) is 0 Å². The summed E-state index contributed by atoms with van der Waals surface area (Å²) in [5, 5.41) is 1.94. The highest BCUT2D eigenvalue weighted by molar-refractivity contribution is 8.93. The number of nitrogens with two attached hydrogens (primary N) is 1. The summed E-state index contributed by atoms with van der Waals surface area (Å²) in [6, 6.07) is 12.0. The highest BCUT2D eigenvalue weighted by atomic mass is 79.9. The SMILES string of the molecule is Br.NC1N(CCN2CCCCC2)c2ccccc2N1CC(=O)c1cccs1. The molecule has 27 heavy (non-hydrogen) atoms. The average molecular weight is 451 g/mol. The van der Waals surface area contributed by atoms with Crippen molar-refractivity contribution in [1.82, 2.24) is 4.90 Å². The van der Waals surface area contributed by atoms with Crippen LogP contribution >= 0.6 is 28.3 Å². The second-order valence-electron chi connectivity index (χ2n) is 7.03. The number of fused-ring (bicyclic) bond motifs is 1. The monoisotopic (exact) mass is 450 g/mol. The Morgan fingerprint density at radius 1 is 1.00 bits per heavy atom. The van der Waals surface area contributed by atoms with Gasteiger partial charge in [-0.3, -0.25) is 10.5 Å². The van der Waals surface area contributed by atoms with E-state index in [4.69, 9.17) is 5.73 Å². The van der Waals surface area contributed by atoms with E-state index >= 15 is 0 Å². The first-order valence-corrected chi connectivity index (χ1v) is 10.3. The normalized spacial score (nSPS) is 19.7. The highest BCUT2D eigenvalue weighted by Gasteiger charge is 2.34. The zero-order valence-electron chi connectivity index (χ0n) is 15.4. The summed E-state index contributed by atoms with van der Waals surface area (Å²) in [6.07, 6.45) is 3.65. The molecular formula is C20H27BrN4OS. The zero-order valence-corrected chi connectivity index (χ0v) is 17.9. The summed E-state index contributed by atoms with van der Waals surface area (Å²) in [6.45, 7) is 4.60. The van der Waals surface area contributed by atoms with Gasteiger partial charge in [-0.15, -0.1) is 28.3 Å². The van der Waals surface area contributed by atoms with Crippen LogP contribution in [0.2, 0.25) is 0 Å². The fourth-order valence-corrected chi connectivity index (χ4v) is 4.59. The summed E-state index contributed by atoms with van der Waals surface area (Å²) >= 11 is 1.49. The summed E-state index contributed by atoms with van der Waals surface area (Å²) in [7, 11) is 0. The lowest BCUT2D eigenvalue weighted by atomic mass is 10.1. The van der Waals surface area contributed by atoms with Crippen LogP contribution in [-0.4, -0.2) is 49.7 Å². The number of anilines is 2. The number of likely N-dealkylation sites (tertiary alicyclic amines) is 1. The van der Waals surface area contributed by atoms with Gasteiger partial charge < -0.3 is 14.7 Å². The van der Waals surface area contributed by atoms with Gasteiger partial charge in [-0.05, 0) is 49.5 Å². The molecule has 7 heteroatoms. The summed E-state index contributed by atoms with van der Waals surface area (Å²) < 4.78 is 0. The van der Waals surface area contributed by atoms with Crippen LogP contribution in [0, 0.1) is 0 Å². The van der Waals surface area contributed by atoms with Crippen molar-refractivity contribution in [1.29, 1.82) is 0 Å². The van der Waals surface area contributed by atoms with Crippen molar-refractivity contribution in [2.45, 2.75) is 25.6 Å². The third-order valence-electron chi connectivity index (χ3n) is 5.36. The maximum Gasteiger partial charge on any atom is 0.192 e. The Balaban J connectivity index is 0.00000210. The van der Waals surface area contributed by atoms with Crippen molar-refractivity contribution in [3.63, 3.8) is 0 Å². The molecule has 2 N–H and O–H groups in total. The van der Waals surface area contributed by atoms with Gasteiger partial charge in [0, 0.05) is 13.1 Å². The van der Waals surface area contributed by atoms with E-state index in [9.17, 15) is 4.79 Å². The van der Waals surface area contributed by atoms with Gasteiger partial charge in [-0.2, -0.15) is 0 Å². The molecule has 0 amide bonds. The maximum absolute atomic E-state index is 12.6. The number of carbonyl (C=O) groups excluding carboxylic acids is 1. The molecule has 1 fully saturated rings. The van der Waals surface area contributed by atoms with E-state index in [-0.39, 0.29) is 29.1 Å². The number of ketones is 1. The molecule has 1 atom stereocenters. The molecule has 0 saturated carbocycles. The van der Waals surface area contributed by atoms with Crippen molar-refractivity contribution in [2.75, 3.05) is 42.5 Å². The van der Waals surface area contributed by atoms with E-state index < -0.39 is 0 Å². The van der Waals surface area contributed by atoms with Crippen molar-refractivity contribution >= 4 is 45.5 Å². The summed E-state index contributed by atoms with van der Waals surface area (Å²) in [4.78, 5) is 20.2. The predicted molar refractivity (Wildman–Crippen MR) is 118 cm³/mol. The van der Waals surface area contributed by atoms with Gasteiger partial charge >= 0.3 is 0 Å². The third kappa shape index (κ3) is 4.37. The Morgan fingerprint density at radius 2 is 1.70 bits per heavy atom. The molecule has 1 unspecified atom stereocenters. The number of benzene rings is 1. The van der Waals surface area contributed by atoms with Crippen molar-refractivity contribution in [3.8, 4) is 0 Å². The number of hydrogen-bond donors (Lipinski definition) is 1. The number of hydrogen-bond acceptors (Lipinski definition) is 6. The minimum absolute atomic E-state index is 0. The first-order chi connectivity index (χ1) is 12.7. The van der Waals surface area contributed by atoms with Crippen LogP contribution in [0.1, 0.15) is 28.9 Å². The fraction of sp³-hybridized carbons (Fsp3) is 0.450. The summed E-state index contributed by atoms with van der Waals surface area (Å²) in [5.74, 6) is 0.128. The van der Waals surface area contributed by atoms with Crippen LogP contribution in [0.3, 0.4) is 0 Å². The molecule has 1 aromatic carbocycles. The lowest BCUT2D eigenvalue weighted by Crippen LogP contribution is -2.53. The van der Waals surface area contributed by atoms with E-state index in [1.165, 1.54) is 43.7 Å². The molecule has 0 bridgehead atoms. The van der Waals surface area contributed by atoms with Crippen LogP contribution in [0.5, 0.6) is 0 Å². The highest BCUT2D eigenvalue weighted by Crippen LogP contribution is 2.37. The minimum Gasteiger partial charge on any atom is -0.336 e. The molecule has 5 nitrogen and oxygen atoms in total. The number of rotatable bonds is 6. The Hall–Kier alpha value is -1.41. The molecule has 146 valence electrons. The Bertz CT molecular complexity index is 748. The molecule has 4 rings (SSSR count). The van der Waals surface area contributed by atoms with Crippen LogP contribution in [0.25, 0.3) is 0 Å². The number of halogens is 1. The van der Waals surface area contributed by atoms with Gasteiger partial charge in [0.2, 0.25) is 0 Å². The van der Waals surface area contributed by atoms with Crippen LogP contribution in [0.15, 0.2) is 41.8 Å². The maximum atomic E-state index is 12.6. The van der Waals surface area contributed by atoms with Crippen LogP contribution < -0.4 is 15.5 Å². The molecule has 3 heterocycles. The molecule has 2 aliphatic rings. The van der Waals surface area contributed by atoms with Gasteiger partial charge in [-0.1, -0.05) is 24.6 Å². The third-order valence-corrected chi connectivity index (χ3v) is 6.27. The van der Waals surface area contributed by atoms with E-state index in [2.05, 4.69) is 21.9 Å². The Labute approximate surface area is 175 Å². The Kier molecular flexibility index (Phi) is 6.92. The number of thiophene rings is 1. The number of piperidine rings is 1. The average Bonchev–Trinajstić information content (AvgIpc) is 3.29. The number of carbonyl (C=O) groups is 1. The van der Waals surface area contributed by atoms with E-state index in [0.29, 0.717) is 6.54 Å². The van der Waals surface area contributed by atoms with Crippen molar-refractivity contribution in [3.05, 3.63) is 46.7 Å². The van der Waals surface area contributed by atoms with Gasteiger partial charge in [0.15, 0.2) is 12.1 Å². The lowest BCUT2D eigenvalue weighted by molar-refractivity contribution is 0.100. The van der Waals surface area contributed by atoms with Crippen LogP contribution in [0.4, 0.5) is 11.4 Å². The Morgan fingerprint density at radius 3 is 2.37 bits per heavy atom. The standard InChI is InChI=1S/C20H26N4OS.BrH/c21-20-23(13-12-22-10-4-1-5-11-22)16-7-2-3-8-17(16)24(20)15-18(25)19-9-6-14-26-19;/h2-3,6-9,14,20H,1,4-5,10-13,15,21H2;1H. The van der Waals surface area contributed by atoms with Crippen molar-refractivity contribution in [2.24, 2.45) is 5.73 Å². The minimum atomic E-state index is -0.291. The molecule has 2 aliphatic heterocycles. The quantitative estimate of drug-likeness (QED) is 0.681. The molecule has 0 radical (unpaired) electrons. The predicted octanol–water partition coefficient (Wildman–Crippen LogP) is 3.56. The van der Waals surface area contributed by atoms with Gasteiger partial charge in [0.05, 0.1) is 22.8 Å². The molecule has 2 aromatic rings. The van der Waals surface area contributed by atoms with E-state index in [1.54, 1.807) is 0 Å². The van der Waals surface area contributed by atoms with E-state index in [1.807, 2.05) is 34.5 Å². The van der Waals surface area contributed by atoms with Crippen LogP contribution in [-0.2, 0) is 0 Å². The second kappa shape index (κ2) is 9.19. The fourth-order valence-electron chi connectivity index (χ4n) is 3.94. The smallest absolute Gasteiger partial charge is 0.192 e. The first-order valence-electron chi connectivity index (χ1n) is 9.41. The molecule has 0 spiro atoms. The van der Waals surface area contributed by atoms with E-state index in [0.717, 1.165) is 29.3 Å². The van der Waals surface area contributed by atoms with Gasteiger partial charge in [0.1, 0.15) is 0 Å². The lowest BCUT2D eigenvalue weighted by Gasteiger charge is -2.32.